The van der Waals surface area contributed by atoms with Crippen LogP contribution in [0, 0.1) is 16.0 Å². The van der Waals surface area contributed by atoms with Crippen molar-refractivity contribution in [2.45, 2.75) is 44.0 Å². The van der Waals surface area contributed by atoms with Crippen LogP contribution in [0.3, 0.4) is 0 Å². The number of nitrogens with zero attached hydrogens (tertiary/aromatic N) is 4. The van der Waals surface area contributed by atoms with Crippen LogP contribution in [0.25, 0.3) is 0 Å². The average Bonchev–Trinajstić information content (AvgIpc) is 3.03. The highest BCUT2D eigenvalue weighted by Gasteiger charge is 2.28. The number of hydrogen-bond acceptors (Lipinski definition) is 6. The maximum Gasteiger partial charge on any atom is 0.293 e. The summed E-state index contributed by atoms with van der Waals surface area (Å²) in [7, 11) is -3.73. The molecule has 2 heterocycles. The molecule has 1 N–H and O–H groups in total. The van der Waals surface area contributed by atoms with E-state index in [1.807, 2.05) is 17.7 Å². The Labute approximate surface area is 170 Å². The van der Waals surface area contributed by atoms with Crippen molar-refractivity contribution in [3.8, 4) is 0 Å². The van der Waals surface area contributed by atoms with Crippen molar-refractivity contribution >= 4 is 21.4 Å². The molecule has 1 atom stereocenters. The molecule has 1 fully saturated rings. The zero-order valence-corrected chi connectivity index (χ0v) is 17.3. The Morgan fingerprint density at radius 2 is 1.97 bits per heavy atom. The molecule has 0 radical (unpaired) electrons. The van der Waals surface area contributed by atoms with Crippen LogP contribution in [-0.2, 0) is 16.6 Å². The highest BCUT2D eigenvalue weighted by Crippen LogP contribution is 2.30. The molecule has 3 rings (SSSR count). The van der Waals surface area contributed by atoms with E-state index in [9.17, 15) is 18.5 Å². The van der Waals surface area contributed by atoms with Crippen LogP contribution in [0.2, 0.25) is 0 Å². The van der Waals surface area contributed by atoms with Crippen molar-refractivity contribution < 1.29 is 13.3 Å². The first-order valence-electron chi connectivity index (χ1n) is 9.86. The predicted molar refractivity (Wildman–Crippen MR) is 110 cm³/mol. The molecule has 1 saturated heterocycles. The molecular weight excluding hydrogens is 394 g/mol. The van der Waals surface area contributed by atoms with Gasteiger partial charge < -0.3 is 9.88 Å². The van der Waals surface area contributed by atoms with Gasteiger partial charge in [0, 0.05) is 44.6 Å². The zero-order chi connectivity index (χ0) is 20.9. The maximum absolute atomic E-state index is 12.9. The van der Waals surface area contributed by atoms with Gasteiger partial charge in [-0.3, -0.25) is 10.1 Å². The number of imidazole rings is 1. The molecule has 1 aliphatic heterocycles. The van der Waals surface area contributed by atoms with Gasteiger partial charge in [-0.15, -0.1) is 0 Å². The van der Waals surface area contributed by atoms with Crippen molar-refractivity contribution in [2.75, 3.05) is 25.0 Å². The molecule has 9 nitrogen and oxygen atoms in total. The standard InChI is InChI=1S/C19H27N5O4S/c1-16(14-22-11-8-20-15-22)13-21-18-7-6-17(12-19(18)24(25)26)29(27,28)23-9-4-2-3-5-10-23/h6-8,11-12,15-16,21H,2-5,9-10,13-14H2,1H3/t16-/m0/s1. The average molecular weight is 422 g/mol. The number of nitro benzene ring substituents is 1. The lowest BCUT2D eigenvalue weighted by Crippen LogP contribution is -2.32. The Balaban J connectivity index is 1.75. The van der Waals surface area contributed by atoms with Gasteiger partial charge in [-0.2, -0.15) is 4.31 Å². The quantitative estimate of drug-likeness (QED) is 0.518. The Kier molecular flexibility index (Phi) is 6.86. The summed E-state index contributed by atoms with van der Waals surface area (Å²) < 4.78 is 29.3. The second kappa shape index (κ2) is 9.36. The van der Waals surface area contributed by atoms with Crippen LogP contribution in [0.15, 0.2) is 41.8 Å². The molecule has 158 valence electrons. The van der Waals surface area contributed by atoms with Crippen molar-refractivity contribution in [1.29, 1.82) is 0 Å². The Bertz CT molecular complexity index is 922. The SMILES string of the molecule is C[C@@H](CNc1ccc(S(=O)(=O)N2CCCCCC2)cc1[N+](=O)[O-])Cn1ccnc1. The third kappa shape index (κ3) is 5.33. The number of nitro groups is 1. The van der Waals surface area contributed by atoms with Gasteiger partial charge >= 0.3 is 0 Å². The lowest BCUT2D eigenvalue weighted by molar-refractivity contribution is -0.384. The van der Waals surface area contributed by atoms with E-state index in [1.165, 1.54) is 22.5 Å². The second-order valence-electron chi connectivity index (χ2n) is 7.50. The van der Waals surface area contributed by atoms with Crippen molar-refractivity contribution in [3.63, 3.8) is 0 Å². The number of aromatic nitrogens is 2. The van der Waals surface area contributed by atoms with E-state index in [-0.39, 0.29) is 16.5 Å². The summed E-state index contributed by atoms with van der Waals surface area (Å²) in [6.07, 6.45) is 8.93. The fraction of sp³-hybridized carbons (Fsp3) is 0.526. The van der Waals surface area contributed by atoms with Crippen LogP contribution in [-0.4, -0.2) is 46.8 Å². The van der Waals surface area contributed by atoms with E-state index in [1.54, 1.807) is 12.5 Å². The lowest BCUT2D eigenvalue weighted by atomic mass is 10.1. The van der Waals surface area contributed by atoms with E-state index in [0.29, 0.717) is 25.3 Å². The highest BCUT2D eigenvalue weighted by atomic mass is 32.2. The van der Waals surface area contributed by atoms with Gasteiger partial charge in [0.05, 0.1) is 16.1 Å². The van der Waals surface area contributed by atoms with Gasteiger partial charge in [0.1, 0.15) is 5.69 Å². The van der Waals surface area contributed by atoms with E-state index >= 15 is 0 Å². The number of rotatable bonds is 8. The molecule has 0 amide bonds. The van der Waals surface area contributed by atoms with E-state index in [2.05, 4.69) is 10.3 Å². The monoisotopic (exact) mass is 421 g/mol. The molecule has 0 aliphatic carbocycles. The molecule has 0 bridgehead atoms. The molecule has 10 heteroatoms. The molecule has 0 saturated carbocycles. The van der Waals surface area contributed by atoms with Crippen molar-refractivity contribution in [1.82, 2.24) is 13.9 Å². The maximum atomic E-state index is 12.9. The minimum Gasteiger partial charge on any atom is -0.379 e. The summed E-state index contributed by atoms with van der Waals surface area (Å²) in [6, 6.07) is 4.12. The topological polar surface area (TPSA) is 110 Å². The number of benzene rings is 1. The van der Waals surface area contributed by atoms with Crippen LogP contribution < -0.4 is 5.32 Å². The largest absolute Gasteiger partial charge is 0.379 e. The number of nitrogens with one attached hydrogen (secondary N) is 1. The summed E-state index contributed by atoms with van der Waals surface area (Å²) in [6.45, 7) is 4.18. The third-order valence-electron chi connectivity index (χ3n) is 5.09. The smallest absolute Gasteiger partial charge is 0.293 e. The Morgan fingerprint density at radius 3 is 2.59 bits per heavy atom. The Morgan fingerprint density at radius 1 is 1.24 bits per heavy atom. The van der Waals surface area contributed by atoms with Crippen molar-refractivity contribution in [2.24, 2.45) is 5.92 Å². The summed E-state index contributed by atoms with van der Waals surface area (Å²) in [4.78, 5) is 15.0. The number of anilines is 1. The lowest BCUT2D eigenvalue weighted by Gasteiger charge is -2.20. The normalized spacial score (nSPS) is 16.9. The van der Waals surface area contributed by atoms with Crippen LogP contribution in [0.1, 0.15) is 32.6 Å². The number of sulfonamides is 1. The first-order valence-corrected chi connectivity index (χ1v) is 11.3. The second-order valence-corrected chi connectivity index (χ2v) is 9.44. The Hall–Kier alpha value is -2.46. The first kappa shape index (κ1) is 21.3. The van der Waals surface area contributed by atoms with Gasteiger partial charge in [0.25, 0.3) is 5.69 Å². The first-order chi connectivity index (χ1) is 13.9. The van der Waals surface area contributed by atoms with Crippen LogP contribution >= 0.6 is 0 Å². The summed E-state index contributed by atoms with van der Waals surface area (Å²) in [5.74, 6) is 0.198. The molecule has 1 aliphatic rings. The van der Waals surface area contributed by atoms with Gasteiger partial charge in [-0.05, 0) is 30.9 Å². The molecule has 29 heavy (non-hydrogen) atoms. The van der Waals surface area contributed by atoms with Crippen LogP contribution in [0.5, 0.6) is 0 Å². The summed E-state index contributed by atoms with van der Waals surface area (Å²) in [5, 5.41) is 14.7. The summed E-state index contributed by atoms with van der Waals surface area (Å²) >= 11 is 0. The van der Waals surface area contributed by atoms with E-state index < -0.39 is 14.9 Å². The molecular formula is C19H27N5O4S. The van der Waals surface area contributed by atoms with Gasteiger partial charge in [-0.1, -0.05) is 19.8 Å². The minimum atomic E-state index is -3.73. The highest BCUT2D eigenvalue weighted by molar-refractivity contribution is 7.89. The molecule has 2 aromatic rings. The van der Waals surface area contributed by atoms with E-state index in [0.717, 1.165) is 32.2 Å². The predicted octanol–water partition coefficient (Wildman–Crippen LogP) is 3.10. The van der Waals surface area contributed by atoms with Gasteiger partial charge in [-0.25, -0.2) is 13.4 Å². The number of hydrogen-bond donors (Lipinski definition) is 1. The summed E-state index contributed by atoms with van der Waals surface area (Å²) in [5.41, 5.74) is 0.0954. The molecule has 1 aromatic carbocycles. The minimum absolute atomic E-state index is 0.0249. The fourth-order valence-electron chi connectivity index (χ4n) is 3.51. The van der Waals surface area contributed by atoms with Gasteiger partial charge in [0.15, 0.2) is 0 Å². The molecule has 0 unspecified atom stereocenters. The molecule has 0 spiro atoms. The zero-order valence-electron chi connectivity index (χ0n) is 16.5. The van der Waals surface area contributed by atoms with E-state index in [4.69, 9.17) is 0 Å². The molecule has 1 aromatic heterocycles. The fourth-order valence-corrected chi connectivity index (χ4v) is 5.04. The van der Waals surface area contributed by atoms with Gasteiger partial charge in [0.2, 0.25) is 10.0 Å². The van der Waals surface area contributed by atoms with Crippen molar-refractivity contribution in [3.05, 3.63) is 47.0 Å². The third-order valence-corrected chi connectivity index (χ3v) is 6.99. The van der Waals surface area contributed by atoms with Crippen LogP contribution in [0.4, 0.5) is 11.4 Å².